The smallest absolute Gasteiger partial charge is 0.313 e. The van der Waals surface area contributed by atoms with E-state index in [1.54, 1.807) is 4.90 Å². The summed E-state index contributed by atoms with van der Waals surface area (Å²) in [4.78, 5) is 37.8. The van der Waals surface area contributed by atoms with Crippen molar-refractivity contribution < 1.29 is 23.2 Å². The Hall–Kier alpha value is -2.51. The van der Waals surface area contributed by atoms with Gasteiger partial charge in [-0.1, -0.05) is 0 Å². The molecule has 8 heteroatoms. The molecule has 2 rings (SSSR count). The van der Waals surface area contributed by atoms with E-state index in [4.69, 9.17) is 0 Å². The predicted octanol–water partition coefficient (Wildman–Crippen LogP) is 0.594. The van der Waals surface area contributed by atoms with Crippen LogP contribution in [-0.4, -0.2) is 53.7 Å². The molecule has 1 N–H and O–H groups in total. The molecule has 0 saturated carbocycles. The van der Waals surface area contributed by atoms with Gasteiger partial charge in [0.1, 0.15) is 11.6 Å². The van der Waals surface area contributed by atoms with E-state index in [0.717, 1.165) is 12.1 Å². The average Bonchev–Trinajstić information content (AvgIpc) is 2.49. The Morgan fingerprint density at radius 1 is 1.05 bits per heavy atom. The highest BCUT2D eigenvalue weighted by Crippen LogP contribution is 2.15. The number of nitrogens with zero attached hydrogens (tertiary/aromatic N) is 2. The molecule has 1 heterocycles. The highest BCUT2D eigenvalue weighted by molar-refractivity contribution is 6.39. The van der Waals surface area contributed by atoms with E-state index >= 15 is 0 Å². The third-order valence-electron chi connectivity index (χ3n) is 3.39. The molecule has 1 aliphatic rings. The Kier molecular flexibility index (Phi) is 4.69. The first-order chi connectivity index (χ1) is 10.4. The van der Waals surface area contributed by atoms with Crippen molar-refractivity contribution in [2.45, 2.75) is 6.92 Å². The number of nitrogens with one attached hydrogen (secondary N) is 1. The third kappa shape index (κ3) is 3.57. The van der Waals surface area contributed by atoms with Gasteiger partial charge in [0, 0.05) is 39.2 Å². The Morgan fingerprint density at radius 2 is 1.64 bits per heavy atom. The second-order valence-corrected chi connectivity index (χ2v) is 4.88. The average molecular weight is 311 g/mol. The maximum atomic E-state index is 13.4. The first kappa shape index (κ1) is 15.9. The van der Waals surface area contributed by atoms with Crippen LogP contribution in [0.1, 0.15) is 6.92 Å². The molecule has 0 bridgehead atoms. The summed E-state index contributed by atoms with van der Waals surface area (Å²) < 4.78 is 26.2. The zero-order valence-electron chi connectivity index (χ0n) is 11.9. The number of rotatable bonds is 1. The lowest BCUT2D eigenvalue weighted by atomic mass is 10.2. The van der Waals surface area contributed by atoms with Crippen LogP contribution in [0.4, 0.5) is 14.5 Å². The van der Waals surface area contributed by atoms with E-state index in [0.29, 0.717) is 19.2 Å². The van der Waals surface area contributed by atoms with Crippen LogP contribution in [0.3, 0.4) is 0 Å². The van der Waals surface area contributed by atoms with Crippen LogP contribution in [0, 0.1) is 11.6 Å². The van der Waals surface area contributed by atoms with Gasteiger partial charge in [0.05, 0.1) is 5.69 Å². The molecule has 22 heavy (non-hydrogen) atoms. The van der Waals surface area contributed by atoms with Gasteiger partial charge >= 0.3 is 11.8 Å². The summed E-state index contributed by atoms with van der Waals surface area (Å²) in [5, 5.41) is 2.12. The van der Waals surface area contributed by atoms with Gasteiger partial charge < -0.3 is 15.1 Å². The lowest BCUT2D eigenvalue weighted by Crippen LogP contribution is -2.52. The molecule has 1 saturated heterocycles. The lowest BCUT2D eigenvalue weighted by molar-refractivity contribution is -0.145. The number of halogens is 2. The summed E-state index contributed by atoms with van der Waals surface area (Å²) in [6.45, 7) is 2.59. The number of carbonyl (C=O) groups excluding carboxylic acids is 3. The fraction of sp³-hybridized carbons (Fsp3) is 0.357. The van der Waals surface area contributed by atoms with Gasteiger partial charge in [-0.25, -0.2) is 8.78 Å². The minimum absolute atomic E-state index is 0.0927. The van der Waals surface area contributed by atoms with Gasteiger partial charge in [-0.3, -0.25) is 14.4 Å². The molecule has 1 fully saturated rings. The van der Waals surface area contributed by atoms with E-state index in [2.05, 4.69) is 5.32 Å². The Bertz CT molecular complexity index is 613. The van der Waals surface area contributed by atoms with Crippen molar-refractivity contribution in [3.8, 4) is 0 Å². The number of piperazine rings is 1. The van der Waals surface area contributed by atoms with E-state index in [1.807, 2.05) is 0 Å². The normalized spacial score (nSPS) is 14.7. The van der Waals surface area contributed by atoms with Gasteiger partial charge in [-0.2, -0.15) is 0 Å². The lowest BCUT2D eigenvalue weighted by Gasteiger charge is -2.33. The molecule has 1 aromatic carbocycles. The van der Waals surface area contributed by atoms with Crippen LogP contribution >= 0.6 is 0 Å². The highest BCUT2D eigenvalue weighted by atomic mass is 19.1. The van der Waals surface area contributed by atoms with E-state index < -0.39 is 23.4 Å². The molecule has 0 radical (unpaired) electrons. The van der Waals surface area contributed by atoms with Gasteiger partial charge in [0.15, 0.2) is 0 Å². The van der Waals surface area contributed by atoms with Crippen LogP contribution in [0.25, 0.3) is 0 Å². The number of amides is 3. The van der Waals surface area contributed by atoms with Gasteiger partial charge in [-0.15, -0.1) is 0 Å². The zero-order valence-corrected chi connectivity index (χ0v) is 11.9. The number of anilines is 1. The fourth-order valence-electron chi connectivity index (χ4n) is 2.13. The topological polar surface area (TPSA) is 69.7 Å². The molecule has 6 nitrogen and oxygen atoms in total. The number of hydrogen-bond donors (Lipinski definition) is 1. The fourth-order valence-corrected chi connectivity index (χ4v) is 2.13. The van der Waals surface area contributed by atoms with Crippen molar-refractivity contribution in [2.75, 3.05) is 31.5 Å². The summed E-state index contributed by atoms with van der Waals surface area (Å²) in [5.74, 6) is -3.64. The molecule has 0 aromatic heterocycles. The first-order valence-electron chi connectivity index (χ1n) is 6.69. The minimum atomic E-state index is -0.998. The maximum absolute atomic E-state index is 13.4. The van der Waals surface area contributed by atoms with Crippen LogP contribution in [0.15, 0.2) is 18.2 Å². The first-order valence-corrected chi connectivity index (χ1v) is 6.69. The molecular formula is C14H15F2N3O3. The van der Waals surface area contributed by atoms with Crippen molar-refractivity contribution in [1.82, 2.24) is 9.80 Å². The van der Waals surface area contributed by atoms with Crippen molar-refractivity contribution in [3.63, 3.8) is 0 Å². The van der Waals surface area contributed by atoms with Crippen LogP contribution in [0.2, 0.25) is 0 Å². The maximum Gasteiger partial charge on any atom is 0.313 e. The molecule has 1 aromatic rings. The molecular weight excluding hydrogens is 296 g/mol. The monoisotopic (exact) mass is 311 g/mol. The Labute approximate surface area is 125 Å². The van der Waals surface area contributed by atoms with E-state index in [9.17, 15) is 23.2 Å². The molecule has 0 spiro atoms. The van der Waals surface area contributed by atoms with Crippen molar-refractivity contribution in [2.24, 2.45) is 0 Å². The van der Waals surface area contributed by atoms with Crippen molar-refractivity contribution in [3.05, 3.63) is 29.8 Å². The quantitative estimate of drug-likeness (QED) is 0.772. The van der Waals surface area contributed by atoms with Crippen molar-refractivity contribution >= 4 is 23.4 Å². The summed E-state index contributed by atoms with van der Waals surface area (Å²) in [7, 11) is 0. The zero-order chi connectivity index (χ0) is 16.3. The highest BCUT2D eigenvalue weighted by Gasteiger charge is 2.27. The standard InChI is InChI=1S/C14H15F2N3O3/c1-9(20)18-4-6-19(7-5-18)14(22)13(21)17-12-3-2-10(15)8-11(12)16/h2-3,8H,4-7H2,1H3,(H,17,21). The van der Waals surface area contributed by atoms with Gasteiger partial charge in [-0.05, 0) is 12.1 Å². The summed E-state index contributed by atoms with van der Waals surface area (Å²) in [6, 6.07) is 2.64. The number of hydrogen-bond acceptors (Lipinski definition) is 3. The number of carbonyl (C=O) groups is 3. The largest absolute Gasteiger partial charge is 0.339 e. The molecule has 0 atom stereocenters. The van der Waals surface area contributed by atoms with Crippen LogP contribution in [0.5, 0.6) is 0 Å². The summed E-state index contributed by atoms with van der Waals surface area (Å²) in [5.41, 5.74) is -0.262. The second-order valence-electron chi connectivity index (χ2n) is 4.88. The predicted molar refractivity (Wildman–Crippen MR) is 73.8 cm³/mol. The molecule has 118 valence electrons. The summed E-state index contributed by atoms with van der Waals surface area (Å²) >= 11 is 0. The van der Waals surface area contributed by atoms with E-state index in [1.165, 1.54) is 11.8 Å². The second kappa shape index (κ2) is 6.50. The SMILES string of the molecule is CC(=O)N1CCN(C(=O)C(=O)Nc2ccc(F)cc2F)CC1. The van der Waals surface area contributed by atoms with Crippen molar-refractivity contribution in [1.29, 1.82) is 0 Å². The molecule has 3 amide bonds. The number of benzene rings is 1. The van der Waals surface area contributed by atoms with Crippen LogP contribution < -0.4 is 5.32 Å². The Balaban J connectivity index is 1.95. The van der Waals surface area contributed by atoms with E-state index in [-0.39, 0.29) is 24.7 Å². The molecule has 0 unspecified atom stereocenters. The van der Waals surface area contributed by atoms with Gasteiger partial charge in [0.2, 0.25) is 5.91 Å². The minimum Gasteiger partial charge on any atom is -0.339 e. The van der Waals surface area contributed by atoms with Gasteiger partial charge in [0.25, 0.3) is 0 Å². The molecule has 0 aliphatic carbocycles. The van der Waals surface area contributed by atoms with Crippen LogP contribution in [-0.2, 0) is 14.4 Å². The molecule has 1 aliphatic heterocycles. The Morgan fingerprint density at radius 3 is 2.18 bits per heavy atom. The summed E-state index contributed by atoms with van der Waals surface area (Å²) in [6.07, 6.45) is 0. The third-order valence-corrected chi connectivity index (χ3v) is 3.39.